The molecule has 0 saturated heterocycles. The van der Waals surface area contributed by atoms with Gasteiger partial charge in [-0.1, -0.05) is 30.3 Å². The van der Waals surface area contributed by atoms with Gasteiger partial charge in [-0.2, -0.15) is 4.98 Å². The average molecular weight is 474 g/mol. The van der Waals surface area contributed by atoms with Crippen LogP contribution in [0.3, 0.4) is 0 Å². The molecule has 0 spiro atoms. The Labute approximate surface area is 205 Å². The monoisotopic (exact) mass is 473 g/mol. The molecule has 0 saturated carbocycles. The number of ether oxygens (including phenoxy) is 2. The molecule has 182 valence electrons. The number of fused-ring (bicyclic) bond motifs is 1. The summed E-state index contributed by atoms with van der Waals surface area (Å²) >= 11 is 0. The van der Waals surface area contributed by atoms with Crippen LogP contribution in [0.25, 0.3) is 17.2 Å². The Bertz CT molecular complexity index is 1300. The van der Waals surface area contributed by atoms with Crippen LogP contribution >= 0.6 is 0 Å². The highest BCUT2D eigenvalue weighted by Gasteiger charge is 2.16. The fourth-order valence-electron chi connectivity index (χ4n) is 4.12. The molecule has 2 aromatic heterocycles. The lowest BCUT2D eigenvalue weighted by molar-refractivity contribution is -0.121. The summed E-state index contributed by atoms with van der Waals surface area (Å²) in [6.07, 6.45) is 2.86. The van der Waals surface area contributed by atoms with E-state index < -0.39 is 0 Å². The van der Waals surface area contributed by atoms with Crippen molar-refractivity contribution < 1.29 is 14.3 Å². The Morgan fingerprint density at radius 2 is 1.69 bits per heavy atom. The first-order valence-electron chi connectivity index (χ1n) is 11.8. The number of hydrogen-bond donors (Lipinski definition) is 1. The van der Waals surface area contributed by atoms with Crippen molar-refractivity contribution in [3.63, 3.8) is 0 Å². The lowest BCUT2D eigenvalue weighted by Gasteiger charge is -2.10. The molecule has 0 aliphatic carbocycles. The molecule has 4 aromatic rings. The van der Waals surface area contributed by atoms with E-state index in [1.54, 1.807) is 24.8 Å². The number of nitrogens with zero attached hydrogens (tertiary/aromatic N) is 4. The van der Waals surface area contributed by atoms with Crippen LogP contribution < -0.4 is 14.8 Å². The maximum atomic E-state index is 12.4. The Morgan fingerprint density at radius 3 is 2.37 bits per heavy atom. The third kappa shape index (κ3) is 5.77. The smallest absolute Gasteiger partial charge is 0.253 e. The van der Waals surface area contributed by atoms with Crippen LogP contribution in [0.4, 0.5) is 0 Å². The zero-order valence-corrected chi connectivity index (χ0v) is 20.7. The van der Waals surface area contributed by atoms with Crippen LogP contribution in [-0.4, -0.2) is 46.3 Å². The summed E-state index contributed by atoms with van der Waals surface area (Å²) < 4.78 is 12.5. The number of rotatable bonds is 10. The minimum atomic E-state index is 0.0414. The van der Waals surface area contributed by atoms with Crippen molar-refractivity contribution in [3.05, 3.63) is 71.0 Å². The molecule has 0 fully saturated rings. The fourth-order valence-corrected chi connectivity index (χ4v) is 4.12. The van der Waals surface area contributed by atoms with Gasteiger partial charge in [-0.05, 0) is 56.4 Å². The minimum absolute atomic E-state index is 0.0414. The second-order valence-corrected chi connectivity index (χ2v) is 8.45. The number of benzene rings is 2. The number of nitrogens with one attached hydrogen (secondary N) is 1. The van der Waals surface area contributed by atoms with Crippen LogP contribution in [0.2, 0.25) is 0 Å². The third-order valence-electron chi connectivity index (χ3n) is 6.07. The summed E-state index contributed by atoms with van der Waals surface area (Å²) in [6, 6.07) is 15.8. The maximum Gasteiger partial charge on any atom is 0.253 e. The Balaban J connectivity index is 1.43. The molecule has 0 aliphatic rings. The summed E-state index contributed by atoms with van der Waals surface area (Å²) in [7, 11) is 3.22. The summed E-state index contributed by atoms with van der Waals surface area (Å²) in [5, 5.41) is 7.71. The molecule has 2 aromatic carbocycles. The van der Waals surface area contributed by atoms with E-state index >= 15 is 0 Å². The van der Waals surface area contributed by atoms with Gasteiger partial charge in [0, 0.05) is 36.0 Å². The average Bonchev–Trinajstić information content (AvgIpc) is 3.31. The van der Waals surface area contributed by atoms with Crippen molar-refractivity contribution >= 4 is 11.7 Å². The molecule has 4 rings (SSSR count). The van der Waals surface area contributed by atoms with E-state index in [0.717, 1.165) is 35.4 Å². The molecule has 0 unspecified atom stereocenters. The van der Waals surface area contributed by atoms with Crippen LogP contribution in [0.1, 0.15) is 35.4 Å². The van der Waals surface area contributed by atoms with Crippen molar-refractivity contribution in [1.82, 2.24) is 24.9 Å². The maximum absolute atomic E-state index is 12.4. The number of carbonyl (C=O) groups is 1. The second kappa shape index (κ2) is 11.0. The van der Waals surface area contributed by atoms with Gasteiger partial charge in [-0.3, -0.25) is 4.79 Å². The molecule has 1 N–H and O–H groups in total. The molecular formula is C27H31N5O3. The number of carbonyl (C=O) groups excluding carboxylic acids is 1. The first kappa shape index (κ1) is 24.2. The van der Waals surface area contributed by atoms with E-state index in [-0.39, 0.29) is 5.91 Å². The van der Waals surface area contributed by atoms with E-state index in [4.69, 9.17) is 9.47 Å². The Hall–Kier alpha value is -3.94. The molecule has 0 atom stereocenters. The standard InChI is InChI=1S/C27H31N5O3/c1-18-24(12-13-25(33)28-14-8-11-20-9-6-5-7-10-20)19(2)32-27(29-18)30-26(31-32)21-15-22(34-3)17-23(16-21)35-4/h5-7,9-10,15-17H,8,11-14H2,1-4H3,(H,28,33). The van der Waals surface area contributed by atoms with Crippen LogP contribution in [0.5, 0.6) is 11.5 Å². The van der Waals surface area contributed by atoms with E-state index in [0.29, 0.717) is 42.5 Å². The Kier molecular flexibility index (Phi) is 7.60. The molecular weight excluding hydrogens is 442 g/mol. The molecule has 2 heterocycles. The SMILES string of the molecule is COc1cc(OC)cc(-c2nc3nc(C)c(CCC(=O)NCCCc4ccccc4)c(C)n3n2)c1. The quantitative estimate of drug-likeness (QED) is 0.349. The van der Waals surface area contributed by atoms with Gasteiger partial charge >= 0.3 is 0 Å². The zero-order chi connectivity index (χ0) is 24.8. The third-order valence-corrected chi connectivity index (χ3v) is 6.07. The van der Waals surface area contributed by atoms with Crippen LogP contribution in [-0.2, 0) is 17.6 Å². The molecule has 8 heteroatoms. The summed E-state index contributed by atoms with van der Waals surface area (Å²) in [5.74, 6) is 2.42. The van der Waals surface area contributed by atoms with Gasteiger partial charge in [0.05, 0.1) is 14.2 Å². The van der Waals surface area contributed by atoms with E-state index in [9.17, 15) is 4.79 Å². The first-order chi connectivity index (χ1) is 17.0. The lowest BCUT2D eigenvalue weighted by Crippen LogP contribution is -2.25. The van der Waals surface area contributed by atoms with Crippen molar-refractivity contribution in [1.29, 1.82) is 0 Å². The van der Waals surface area contributed by atoms with Crippen molar-refractivity contribution in [3.8, 4) is 22.9 Å². The second-order valence-electron chi connectivity index (χ2n) is 8.45. The van der Waals surface area contributed by atoms with Gasteiger partial charge in [0.1, 0.15) is 11.5 Å². The fraction of sp³-hybridized carbons (Fsp3) is 0.333. The number of amides is 1. The van der Waals surface area contributed by atoms with Crippen LogP contribution in [0, 0.1) is 13.8 Å². The summed E-state index contributed by atoms with van der Waals surface area (Å²) in [5.41, 5.74) is 4.86. The summed E-state index contributed by atoms with van der Waals surface area (Å²) in [6.45, 7) is 4.60. The van der Waals surface area contributed by atoms with Crippen molar-refractivity contribution in [2.24, 2.45) is 0 Å². The van der Waals surface area contributed by atoms with Crippen molar-refractivity contribution in [2.45, 2.75) is 39.5 Å². The molecule has 0 radical (unpaired) electrons. The van der Waals surface area contributed by atoms with Gasteiger partial charge in [0.25, 0.3) is 5.78 Å². The minimum Gasteiger partial charge on any atom is -0.497 e. The van der Waals surface area contributed by atoms with Gasteiger partial charge in [-0.15, -0.1) is 5.10 Å². The molecule has 8 nitrogen and oxygen atoms in total. The number of methoxy groups -OCH3 is 2. The molecule has 1 amide bonds. The van der Waals surface area contributed by atoms with E-state index in [1.807, 2.05) is 44.2 Å². The predicted molar refractivity (Wildman–Crippen MR) is 135 cm³/mol. The van der Waals surface area contributed by atoms with Gasteiger partial charge in [0.15, 0.2) is 5.82 Å². The number of aromatic nitrogens is 4. The van der Waals surface area contributed by atoms with Gasteiger partial charge in [-0.25, -0.2) is 9.50 Å². The number of hydrogen-bond acceptors (Lipinski definition) is 6. The summed E-state index contributed by atoms with van der Waals surface area (Å²) in [4.78, 5) is 21.7. The highest BCUT2D eigenvalue weighted by Crippen LogP contribution is 2.28. The predicted octanol–water partition coefficient (Wildman–Crippen LogP) is 4.11. The molecule has 0 aliphatic heterocycles. The first-order valence-corrected chi connectivity index (χ1v) is 11.8. The van der Waals surface area contributed by atoms with Gasteiger partial charge in [0.2, 0.25) is 5.91 Å². The number of aryl methyl sites for hydroxylation is 3. The topological polar surface area (TPSA) is 90.6 Å². The molecule has 0 bridgehead atoms. The largest absolute Gasteiger partial charge is 0.497 e. The van der Waals surface area contributed by atoms with Crippen LogP contribution in [0.15, 0.2) is 48.5 Å². The highest BCUT2D eigenvalue weighted by molar-refractivity contribution is 5.76. The lowest BCUT2D eigenvalue weighted by atomic mass is 10.1. The Morgan fingerprint density at radius 1 is 0.971 bits per heavy atom. The van der Waals surface area contributed by atoms with Gasteiger partial charge < -0.3 is 14.8 Å². The van der Waals surface area contributed by atoms with E-state index in [1.165, 1.54) is 5.56 Å². The molecule has 35 heavy (non-hydrogen) atoms. The van der Waals surface area contributed by atoms with E-state index in [2.05, 4.69) is 32.5 Å². The van der Waals surface area contributed by atoms with Crippen molar-refractivity contribution in [2.75, 3.05) is 20.8 Å². The highest BCUT2D eigenvalue weighted by atomic mass is 16.5. The normalized spacial score (nSPS) is 11.0. The zero-order valence-electron chi connectivity index (χ0n) is 20.7.